The van der Waals surface area contributed by atoms with Crippen LogP contribution in [0.2, 0.25) is 0 Å². The molecule has 0 aromatic carbocycles. The maximum absolute atomic E-state index is 11.4. The van der Waals surface area contributed by atoms with Gasteiger partial charge in [-0.1, -0.05) is 6.92 Å². The number of carbonyl (C=O) groups is 2. The summed E-state index contributed by atoms with van der Waals surface area (Å²) < 4.78 is 0. The van der Waals surface area contributed by atoms with E-state index in [1.54, 1.807) is 6.92 Å². The van der Waals surface area contributed by atoms with Crippen molar-refractivity contribution in [3.05, 3.63) is 0 Å². The SMILES string of the molecule is CCC(CNC(=O)NCC(C)N(C)C)C(=O)O. The van der Waals surface area contributed by atoms with Gasteiger partial charge in [0.05, 0.1) is 5.92 Å². The largest absolute Gasteiger partial charge is 0.481 e. The third kappa shape index (κ3) is 6.78. The van der Waals surface area contributed by atoms with Gasteiger partial charge in [0.1, 0.15) is 0 Å². The average Bonchev–Trinajstić information content (AvgIpc) is 2.25. The predicted molar refractivity (Wildman–Crippen MR) is 66.0 cm³/mol. The van der Waals surface area contributed by atoms with E-state index in [1.807, 2.05) is 25.9 Å². The molecule has 0 heterocycles. The lowest BCUT2D eigenvalue weighted by atomic mass is 10.1. The Balaban J connectivity index is 3.83. The van der Waals surface area contributed by atoms with E-state index in [0.29, 0.717) is 13.0 Å². The van der Waals surface area contributed by atoms with E-state index < -0.39 is 11.9 Å². The third-order valence-corrected chi connectivity index (χ3v) is 2.79. The average molecular weight is 245 g/mol. The van der Waals surface area contributed by atoms with Gasteiger partial charge in [-0.2, -0.15) is 0 Å². The Labute approximate surface area is 102 Å². The highest BCUT2D eigenvalue weighted by Gasteiger charge is 2.15. The zero-order chi connectivity index (χ0) is 13.4. The molecule has 0 radical (unpaired) electrons. The van der Waals surface area contributed by atoms with Crippen LogP contribution in [0.5, 0.6) is 0 Å². The molecule has 100 valence electrons. The van der Waals surface area contributed by atoms with Crippen molar-refractivity contribution in [1.82, 2.24) is 15.5 Å². The molecule has 0 saturated heterocycles. The fourth-order valence-electron chi connectivity index (χ4n) is 1.11. The van der Waals surface area contributed by atoms with Crippen LogP contribution in [0.4, 0.5) is 4.79 Å². The van der Waals surface area contributed by atoms with Crippen LogP contribution in [0.15, 0.2) is 0 Å². The number of carbonyl (C=O) groups excluding carboxylic acids is 1. The Morgan fingerprint density at radius 1 is 1.24 bits per heavy atom. The fraction of sp³-hybridized carbons (Fsp3) is 0.818. The van der Waals surface area contributed by atoms with Crippen LogP contribution < -0.4 is 10.6 Å². The molecule has 2 unspecified atom stereocenters. The summed E-state index contributed by atoms with van der Waals surface area (Å²) in [5, 5.41) is 14.1. The van der Waals surface area contributed by atoms with Crippen molar-refractivity contribution in [2.45, 2.75) is 26.3 Å². The number of nitrogens with zero attached hydrogens (tertiary/aromatic N) is 1. The van der Waals surface area contributed by atoms with Crippen molar-refractivity contribution in [3.63, 3.8) is 0 Å². The molecule has 0 spiro atoms. The van der Waals surface area contributed by atoms with Crippen LogP contribution in [0.25, 0.3) is 0 Å². The Hall–Kier alpha value is -1.30. The molecule has 2 amide bonds. The Bertz CT molecular complexity index is 256. The van der Waals surface area contributed by atoms with E-state index in [1.165, 1.54) is 0 Å². The molecule has 0 aliphatic heterocycles. The van der Waals surface area contributed by atoms with E-state index >= 15 is 0 Å². The molecule has 6 heteroatoms. The first-order valence-electron chi connectivity index (χ1n) is 5.79. The van der Waals surface area contributed by atoms with Gasteiger partial charge >= 0.3 is 12.0 Å². The number of rotatable bonds is 7. The van der Waals surface area contributed by atoms with Crippen molar-refractivity contribution in [3.8, 4) is 0 Å². The summed E-state index contributed by atoms with van der Waals surface area (Å²) in [7, 11) is 3.86. The topological polar surface area (TPSA) is 81.7 Å². The first kappa shape index (κ1) is 15.7. The first-order chi connectivity index (χ1) is 7.88. The van der Waals surface area contributed by atoms with Gasteiger partial charge in [0.2, 0.25) is 0 Å². The number of urea groups is 1. The zero-order valence-corrected chi connectivity index (χ0v) is 11.0. The summed E-state index contributed by atoms with van der Waals surface area (Å²) >= 11 is 0. The number of nitrogens with one attached hydrogen (secondary N) is 2. The van der Waals surface area contributed by atoms with Crippen LogP contribution in [0.3, 0.4) is 0 Å². The number of aliphatic carboxylic acids is 1. The van der Waals surface area contributed by atoms with Crippen LogP contribution in [-0.2, 0) is 4.79 Å². The number of hydrogen-bond acceptors (Lipinski definition) is 3. The van der Waals surface area contributed by atoms with Gasteiger partial charge in [0.15, 0.2) is 0 Å². The zero-order valence-electron chi connectivity index (χ0n) is 11.0. The second-order valence-corrected chi connectivity index (χ2v) is 4.35. The first-order valence-corrected chi connectivity index (χ1v) is 5.79. The highest BCUT2D eigenvalue weighted by molar-refractivity contribution is 5.75. The molecule has 17 heavy (non-hydrogen) atoms. The molecule has 0 bridgehead atoms. The lowest BCUT2D eigenvalue weighted by Gasteiger charge is -2.20. The number of amides is 2. The van der Waals surface area contributed by atoms with Crippen LogP contribution in [-0.4, -0.2) is 55.2 Å². The second-order valence-electron chi connectivity index (χ2n) is 4.35. The summed E-state index contributed by atoms with van der Waals surface area (Å²) in [6.45, 7) is 4.47. The minimum atomic E-state index is -0.880. The van der Waals surface area contributed by atoms with Crippen molar-refractivity contribution in [2.75, 3.05) is 27.2 Å². The number of carboxylic acid groups (broad SMARTS) is 1. The van der Waals surface area contributed by atoms with E-state index in [2.05, 4.69) is 10.6 Å². The van der Waals surface area contributed by atoms with Crippen LogP contribution in [0.1, 0.15) is 20.3 Å². The molecule has 0 aromatic heterocycles. The van der Waals surface area contributed by atoms with Gasteiger partial charge in [-0.3, -0.25) is 4.79 Å². The monoisotopic (exact) mass is 245 g/mol. The van der Waals surface area contributed by atoms with Crippen LogP contribution >= 0.6 is 0 Å². The lowest BCUT2D eigenvalue weighted by molar-refractivity contribution is -0.141. The molecular formula is C11H23N3O3. The molecule has 0 aliphatic carbocycles. The van der Waals surface area contributed by atoms with E-state index in [-0.39, 0.29) is 18.6 Å². The summed E-state index contributed by atoms with van der Waals surface area (Å²) in [6, 6.07) is -0.0828. The van der Waals surface area contributed by atoms with Crippen molar-refractivity contribution in [1.29, 1.82) is 0 Å². The predicted octanol–water partition coefficient (Wildman–Crippen LogP) is 0.347. The molecule has 6 nitrogen and oxygen atoms in total. The Morgan fingerprint density at radius 2 is 1.76 bits per heavy atom. The van der Waals surface area contributed by atoms with Gasteiger partial charge < -0.3 is 20.6 Å². The quantitative estimate of drug-likeness (QED) is 0.604. The maximum atomic E-state index is 11.4. The van der Waals surface area contributed by atoms with E-state index in [4.69, 9.17) is 5.11 Å². The smallest absolute Gasteiger partial charge is 0.314 e. The lowest BCUT2D eigenvalue weighted by Crippen LogP contribution is -2.44. The second kappa shape index (κ2) is 7.89. The van der Waals surface area contributed by atoms with Crippen molar-refractivity contribution < 1.29 is 14.7 Å². The summed E-state index contributed by atoms with van der Waals surface area (Å²) in [6.07, 6.45) is 0.504. The highest BCUT2D eigenvalue weighted by atomic mass is 16.4. The minimum absolute atomic E-state index is 0.161. The molecule has 0 saturated carbocycles. The molecule has 0 aromatic rings. The van der Waals surface area contributed by atoms with Gasteiger partial charge in [-0.05, 0) is 27.4 Å². The fourth-order valence-corrected chi connectivity index (χ4v) is 1.11. The molecule has 3 N–H and O–H groups in total. The molecule has 2 atom stereocenters. The Morgan fingerprint density at radius 3 is 2.18 bits per heavy atom. The number of likely N-dealkylation sites (N-methyl/N-ethyl adjacent to an activating group) is 1. The van der Waals surface area contributed by atoms with Crippen molar-refractivity contribution in [2.24, 2.45) is 5.92 Å². The summed E-state index contributed by atoms with van der Waals surface area (Å²) in [5.41, 5.74) is 0. The van der Waals surface area contributed by atoms with Gasteiger partial charge in [0.25, 0.3) is 0 Å². The molecular weight excluding hydrogens is 222 g/mol. The van der Waals surface area contributed by atoms with Gasteiger partial charge in [-0.15, -0.1) is 0 Å². The van der Waals surface area contributed by atoms with E-state index in [9.17, 15) is 9.59 Å². The molecule has 0 aliphatic rings. The molecule has 0 fully saturated rings. The Kier molecular flexibility index (Phi) is 7.29. The van der Waals surface area contributed by atoms with Gasteiger partial charge in [-0.25, -0.2) is 4.79 Å². The normalized spacial score (nSPS) is 14.2. The summed E-state index contributed by atoms with van der Waals surface area (Å²) in [4.78, 5) is 24.1. The van der Waals surface area contributed by atoms with Crippen LogP contribution in [0, 0.1) is 5.92 Å². The molecule has 0 rings (SSSR count). The van der Waals surface area contributed by atoms with Gasteiger partial charge in [0, 0.05) is 19.1 Å². The maximum Gasteiger partial charge on any atom is 0.314 e. The van der Waals surface area contributed by atoms with E-state index in [0.717, 1.165) is 0 Å². The third-order valence-electron chi connectivity index (χ3n) is 2.79. The van der Waals surface area contributed by atoms with Crippen molar-refractivity contribution >= 4 is 12.0 Å². The summed E-state index contributed by atoms with van der Waals surface area (Å²) in [5.74, 6) is -1.40. The number of hydrogen-bond donors (Lipinski definition) is 3. The highest BCUT2D eigenvalue weighted by Crippen LogP contribution is 1.99. The minimum Gasteiger partial charge on any atom is -0.481 e. The standard InChI is InChI=1S/C11H23N3O3/c1-5-9(10(15)16)7-13-11(17)12-6-8(2)14(3)4/h8-9H,5-7H2,1-4H3,(H,15,16)(H2,12,13,17). The number of carboxylic acids is 1.